The van der Waals surface area contributed by atoms with E-state index >= 15 is 0 Å². The Kier molecular flexibility index (Phi) is 5.02. The average Bonchev–Trinajstić information content (AvgIpc) is 3.00. The third-order valence-corrected chi connectivity index (χ3v) is 3.32. The van der Waals surface area contributed by atoms with Crippen LogP contribution in [0.5, 0.6) is 0 Å². The van der Waals surface area contributed by atoms with Gasteiger partial charge in [0.2, 0.25) is 0 Å². The topological polar surface area (TPSA) is 104 Å². The standard InChI is InChI=1S/C17H17N5O2/c1-21(2)13-5-7-14(8-6-13)22-9-3-4-15(22)10-12(11-18)16(23)20-17(19)24/h3-10H,1-2H3,(H3,19,20,23,24)/b12-10-. The van der Waals surface area contributed by atoms with E-state index in [1.165, 1.54) is 6.08 Å². The minimum Gasteiger partial charge on any atom is -0.378 e. The van der Waals surface area contributed by atoms with Crippen LogP contribution in [0, 0.1) is 11.3 Å². The molecule has 3 amide bonds. The molecule has 3 N–H and O–H groups in total. The fourth-order valence-electron chi connectivity index (χ4n) is 2.13. The SMILES string of the molecule is CN(C)c1ccc(-n2cccc2/C=C(/C#N)C(=O)NC(N)=O)cc1. The Morgan fingerprint density at radius 3 is 2.46 bits per heavy atom. The maximum Gasteiger partial charge on any atom is 0.319 e. The van der Waals surface area contributed by atoms with Gasteiger partial charge >= 0.3 is 6.03 Å². The highest BCUT2D eigenvalue weighted by Crippen LogP contribution is 2.19. The van der Waals surface area contributed by atoms with E-state index in [0.29, 0.717) is 5.69 Å². The number of amides is 3. The number of rotatable bonds is 4. The summed E-state index contributed by atoms with van der Waals surface area (Å²) in [5.74, 6) is -0.833. The summed E-state index contributed by atoms with van der Waals surface area (Å²) in [6, 6.07) is 12.1. The minimum atomic E-state index is -1.00. The van der Waals surface area contributed by atoms with Crippen molar-refractivity contribution in [2.45, 2.75) is 0 Å². The number of hydrogen-bond acceptors (Lipinski definition) is 4. The van der Waals surface area contributed by atoms with Crippen LogP contribution in [-0.2, 0) is 4.79 Å². The van der Waals surface area contributed by atoms with Gasteiger partial charge in [-0.05, 0) is 42.5 Å². The summed E-state index contributed by atoms with van der Waals surface area (Å²) in [4.78, 5) is 24.5. The monoisotopic (exact) mass is 323 g/mol. The lowest BCUT2D eigenvalue weighted by Crippen LogP contribution is -2.35. The van der Waals surface area contributed by atoms with Crippen molar-refractivity contribution < 1.29 is 9.59 Å². The minimum absolute atomic E-state index is 0.210. The molecule has 1 heterocycles. The summed E-state index contributed by atoms with van der Waals surface area (Å²) in [7, 11) is 3.91. The molecule has 0 bridgehead atoms. The van der Waals surface area contributed by atoms with Crippen LogP contribution in [0.2, 0.25) is 0 Å². The van der Waals surface area contributed by atoms with Crippen LogP contribution < -0.4 is 16.0 Å². The van der Waals surface area contributed by atoms with Crippen molar-refractivity contribution >= 4 is 23.7 Å². The Hall–Kier alpha value is -3.53. The molecule has 0 unspecified atom stereocenters. The second-order valence-electron chi connectivity index (χ2n) is 5.20. The van der Waals surface area contributed by atoms with Gasteiger partial charge in [0.25, 0.3) is 5.91 Å². The Balaban J connectivity index is 2.36. The zero-order valence-electron chi connectivity index (χ0n) is 13.4. The molecular weight excluding hydrogens is 306 g/mol. The third-order valence-electron chi connectivity index (χ3n) is 3.32. The summed E-state index contributed by atoms with van der Waals surface area (Å²) in [5, 5.41) is 11.0. The van der Waals surface area contributed by atoms with E-state index in [2.05, 4.69) is 0 Å². The highest BCUT2D eigenvalue weighted by atomic mass is 16.2. The van der Waals surface area contributed by atoms with Gasteiger partial charge in [0.05, 0.1) is 0 Å². The number of nitrogens with two attached hydrogens (primary N) is 1. The van der Waals surface area contributed by atoms with Gasteiger partial charge in [-0.2, -0.15) is 5.26 Å². The smallest absolute Gasteiger partial charge is 0.319 e. The van der Waals surface area contributed by atoms with Gasteiger partial charge < -0.3 is 15.2 Å². The van der Waals surface area contributed by atoms with Gasteiger partial charge in [0.15, 0.2) is 0 Å². The van der Waals surface area contributed by atoms with Crippen LogP contribution in [0.4, 0.5) is 10.5 Å². The lowest BCUT2D eigenvalue weighted by molar-refractivity contribution is -0.115. The summed E-state index contributed by atoms with van der Waals surface area (Å²) < 4.78 is 1.83. The number of nitrogens with one attached hydrogen (secondary N) is 1. The maximum atomic E-state index is 11.8. The number of hydrogen-bond donors (Lipinski definition) is 2. The molecule has 0 atom stereocenters. The predicted octanol–water partition coefficient (Wildman–Crippen LogP) is 1.65. The van der Waals surface area contributed by atoms with Crippen molar-refractivity contribution in [3.63, 3.8) is 0 Å². The molecule has 7 nitrogen and oxygen atoms in total. The molecule has 24 heavy (non-hydrogen) atoms. The second-order valence-corrected chi connectivity index (χ2v) is 5.20. The number of anilines is 1. The first-order chi connectivity index (χ1) is 11.4. The van der Waals surface area contributed by atoms with Crippen molar-refractivity contribution in [2.75, 3.05) is 19.0 Å². The number of carbonyl (C=O) groups excluding carboxylic acids is 2. The van der Waals surface area contributed by atoms with Crippen LogP contribution in [0.25, 0.3) is 11.8 Å². The Labute approximate surface area is 139 Å². The average molecular weight is 323 g/mol. The quantitative estimate of drug-likeness (QED) is 0.659. The highest BCUT2D eigenvalue weighted by molar-refractivity contribution is 6.08. The molecule has 0 spiro atoms. The van der Waals surface area contributed by atoms with E-state index in [0.717, 1.165) is 11.4 Å². The molecule has 1 aromatic carbocycles. The normalized spacial score (nSPS) is 10.8. The first-order valence-electron chi connectivity index (χ1n) is 7.10. The number of carbonyl (C=O) groups is 2. The van der Waals surface area contributed by atoms with E-state index in [4.69, 9.17) is 11.0 Å². The summed E-state index contributed by atoms with van der Waals surface area (Å²) in [6.07, 6.45) is 3.22. The molecule has 2 rings (SSSR count). The summed E-state index contributed by atoms with van der Waals surface area (Å²) in [5.41, 5.74) is 7.26. The molecule has 0 aliphatic carbocycles. The molecule has 2 aromatic rings. The van der Waals surface area contributed by atoms with Crippen LogP contribution in [0.15, 0.2) is 48.2 Å². The van der Waals surface area contributed by atoms with Crippen LogP contribution in [-0.4, -0.2) is 30.6 Å². The van der Waals surface area contributed by atoms with Gasteiger partial charge in [-0.25, -0.2) is 4.79 Å². The van der Waals surface area contributed by atoms with Crippen molar-refractivity contribution in [3.05, 3.63) is 53.9 Å². The van der Waals surface area contributed by atoms with Crippen molar-refractivity contribution in [3.8, 4) is 11.8 Å². The van der Waals surface area contributed by atoms with Gasteiger partial charge in [-0.1, -0.05) is 0 Å². The van der Waals surface area contributed by atoms with E-state index < -0.39 is 11.9 Å². The molecule has 122 valence electrons. The molecule has 1 aromatic heterocycles. The second kappa shape index (κ2) is 7.15. The third kappa shape index (κ3) is 3.81. The lowest BCUT2D eigenvalue weighted by atomic mass is 10.2. The number of primary amides is 1. The van der Waals surface area contributed by atoms with Gasteiger partial charge in [0.1, 0.15) is 11.6 Å². The predicted molar refractivity (Wildman–Crippen MR) is 91.4 cm³/mol. The van der Waals surface area contributed by atoms with Crippen molar-refractivity contribution in [1.82, 2.24) is 9.88 Å². The van der Waals surface area contributed by atoms with Crippen molar-refractivity contribution in [1.29, 1.82) is 5.26 Å². The summed E-state index contributed by atoms with van der Waals surface area (Å²) >= 11 is 0. The molecule has 0 saturated carbocycles. The zero-order valence-corrected chi connectivity index (χ0v) is 13.4. The molecular formula is C17H17N5O2. The molecule has 7 heteroatoms. The van der Waals surface area contributed by atoms with Crippen molar-refractivity contribution in [2.24, 2.45) is 5.73 Å². The first-order valence-corrected chi connectivity index (χ1v) is 7.10. The molecule has 0 radical (unpaired) electrons. The highest BCUT2D eigenvalue weighted by Gasteiger charge is 2.12. The fraction of sp³-hybridized carbons (Fsp3) is 0.118. The van der Waals surface area contributed by atoms with Gasteiger partial charge in [0, 0.05) is 37.4 Å². The van der Waals surface area contributed by atoms with E-state index in [1.807, 2.05) is 59.3 Å². The lowest BCUT2D eigenvalue weighted by Gasteiger charge is -2.13. The molecule has 0 fully saturated rings. The zero-order chi connectivity index (χ0) is 17.7. The Morgan fingerprint density at radius 1 is 1.25 bits per heavy atom. The largest absolute Gasteiger partial charge is 0.378 e. The number of nitrogens with zero attached hydrogens (tertiary/aromatic N) is 3. The van der Waals surface area contributed by atoms with Crippen LogP contribution >= 0.6 is 0 Å². The first kappa shape index (κ1) is 16.8. The van der Waals surface area contributed by atoms with E-state index in [-0.39, 0.29) is 5.57 Å². The maximum absolute atomic E-state index is 11.8. The Morgan fingerprint density at radius 2 is 1.92 bits per heavy atom. The Bertz CT molecular complexity index is 825. The van der Waals surface area contributed by atoms with Gasteiger partial charge in [-0.15, -0.1) is 0 Å². The number of imide groups is 1. The number of urea groups is 1. The number of benzene rings is 1. The molecule has 0 aliphatic heterocycles. The molecule has 0 aliphatic rings. The van der Waals surface area contributed by atoms with Crippen LogP contribution in [0.3, 0.4) is 0 Å². The molecule has 0 saturated heterocycles. The van der Waals surface area contributed by atoms with Gasteiger partial charge in [-0.3, -0.25) is 10.1 Å². The summed E-state index contributed by atoms with van der Waals surface area (Å²) in [6.45, 7) is 0. The number of aromatic nitrogens is 1. The van der Waals surface area contributed by atoms with E-state index in [1.54, 1.807) is 18.2 Å². The van der Waals surface area contributed by atoms with Crippen LogP contribution in [0.1, 0.15) is 5.69 Å². The number of nitriles is 1. The fourth-order valence-corrected chi connectivity index (χ4v) is 2.13. The van der Waals surface area contributed by atoms with E-state index in [9.17, 15) is 9.59 Å².